The molecule has 4 heteroatoms. The van der Waals surface area contributed by atoms with Crippen molar-refractivity contribution in [3.05, 3.63) is 0 Å². The van der Waals surface area contributed by atoms with Crippen LogP contribution in [0.15, 0.2) is 0 Å². The molecule has 1 saturated carbocycles. The molecule has 0 aliphatic heterocycles. The van der Waals surface area contributed by atoms with Gasteiger partial charge in [-0.15, -0.1) is 0 Å². The number of hydrogen-bond donors (Lipinski definition) is 0. The molecule has 1 aliphatic carbocycles. The lowest BCUT2D eigenvalue weighted by molar-refractivity contribution is -0.149. The summed E-state index contributed by atoms with van der Waals surface area (Å²) in [5, 5.41) is -0.271. The molecule has 0 aromatic rings. The predicted molar refractivity (Wildman–Crippen MR) is 52.9 cm³/mol. The Balaban J connectivity index is 2.35. The molecule has 14 heavy (non-hydrogen) atoms. The highest BCUT2D eigenvalue weighted by Gasteiger charge is 2.29. The fraction of sp³-hybridized carbons (Fsp3) is 0.800. The first kappa shape index (κ1) is 11.5. The minimum atomic E-state index is -0.271. The summed E-state index contributed by atoms with van der Waals surface area (Å²) in [5.74, 6) is -0.211. The van der Waals surface area contributed by atoms with Gasteiger partial charge in [0.15, 0.2) is 0 Å². The number of rotatable bonds is 3. The van der Waals surface area contributed by atoms with Crippen molar-refractivity contribution in [2.75, 3.05) is 6.61 Å². The fourth-order valence-electron chi connectivity index (χ4n) is 1.82. The number of carbonyl (C=O) groups is 2. The van der Waals surface area contributed by atoms with Gasteiger partial charge in [-0.2, -0.15) is 0 Å². The Hall–Kier alpha value is -0.570. The second-order valence-electron chi connectivity index (χ2n) is 3.60. The zero-order valence-electron chi connectivity index (χ0n) is 8.29. The number of hydrogen-bond acceptors (Lipinski definition) is 3. The van der Waals surface area contributed by atoms with E-state index in [0.717, 1.165) is 12.8 Å². The molecule has 3 nitrogen and oxygen atoms in total. The zero-order valence-corrected chi connectivity index (χ0v) is 9.05. The van der Waals surface area contributed by atoms with E-state index in [4.69, 9.17) is 16.3 Å². The topological polar surface area (TPSA) is 43.4 Å². The third-order valence-corrected chi connectivity index (χ3v) is 2.98. The Bertz CT molecular complexity index is 219. The fourth-order valence-corrected chi connectivity index (χ4v) is 2.03. The third kappa shape index (κ3) is 2.98. The molecule has 0 amide bonds. The summed E-state index contributed by atoms with van der Waals surface area (Å²) >= 11 is 5.39. The number of ether oxygens (including phenoxy) is 1. The smallest absolute Gasteiger partial charge is 0.308 e. The SMILES string of the molecule is CCOC(=O)[C@H]1CC[C@H](C(=O)Cl)CC1. The predicted octanol–water partition coefficient (Wildman–Crippen LogP) is 2.12. The van der Waals surface area contributed by atoms with Crippen molar-refractivity contribution in [1.82, 2.24) is 0 Å². The maximum Gasteiger partial charge on any atom is 0.308 e. The van der Waals surface area contributed by atoms with Crippen LogP contribution in [0.1, 0.15) is 32.6 Å². The average molecular weight is 219 g/mol. The summed E-state index contributed by atoms with van der Waals surface area (Å²) in [4.78, 5) is 22.2. The van der Waals surface area contributed by atoms with Gasteiger partial charge in [-0.25, -0.2) is 0 Å². The second kappa shape index (κ2) is 5.35. The lowest BCUT2D eigenvalue weighted by Gasteiger charge is -2.24. The van der Waals surface area contributed by atoms with Crippen LogP contribution in [0.25, 0.3) is 0 Å². The first-order valence-corrected chi connectivity index (χ1v) is 5.39. The maximum absolute atomic E-state index is 11.3. The van der Waals surface area contributed by atoms with Gasteiger partial charge in [0, 0.05) is 5.92 Å². The summed E-state index contributed by atoms with van der Waals surface area (Å²) in [7, 11) is 0. The van der Waals surface area contributed by atoms with Crippen LogP contribution in [0.4, 0.5) is 0 Å². The number of halogens is 1. The van der Waals surface area contributed by atoms with E-state index < -0.39 is 0 Å². The van der Waals surface area contributed by atoms with Crippen LogP contribution in [0, 0.1) is 11.8 Å². The van der Waals surface area contributed by atoms with E-state index in [1.807, 2.05) is 0 Å². The maximum atomic E-state index is 11.3. The van der Waals surface area contributed by atoms with Gasteiger partial charge >= 0.3 is 5.97 Å². The summed E-state index contributed by atoms with van der Waals surface area (Å²) in [6, 6.07) is 0. The summed E-state index contributed by atoms with van der Waals surface area (Å²) < 4.78 is 4.92. The molecule has 0 heterocycles. The molecule has 1 rings (SSSR count). The van der Waals surface area contributed by atoms with Gasteiger partial charge in [-0.1, -0.05) is 0 Å². The zero-order chi connectivity index (χ0) is 10.6. The number of carbonyl (C=O) groups excluding carboxylic acids is 2. The lowest BCUT2D eigenvalue weighted by atomic mass is 9.83. The highest BCUT2D eigenvalue weighted by Crippen LogP contribution is 2.30. The van der Waals surface area contributed by atoms with Crippen molar-refractivity contribution in [2.24, 2.45) is 11.8 Å². The minimum Gasteiger partial charge on any atom is -0.466 e. The van der Waals surface area contributed by atoms with E-state index in [9.17, 15) is 9.59 Å². The summed E-state index contributed by atoms with van der Waals surface area (Å²) in [5.41, 5.74) is 0. The van der Waals surface area contributed by atoms with Gasteiger partial charge in [0.2, 0.25) is 5.24 Å². The Morgan fingerprint density at radius 3 is 2.14 bits per heavy atom. The molecule has 0 saturated heterocycles. The highest BCUT2D eigenvalue weighted by molar-refractivity contribution is 6.63. The first-order chi connectivity index (χ1) is 6.65. The number of esters is 1. The van der Waals surface area contributed by atoms with Crippen molar-refractivity contribution in [3.8, 4) is 0 Å². The van der Waals surface area contributed by atoms with E-state index in [2.05, 4.69) is 0 Å². The lowest BCUT2D eigenvalue weighted by Crippen LogP contribution is -2.25. The Morgan fingerprint density at radius 1 is 1.21 bits per heavy atom. The normalized spacial score (nSPS) is 27.0. The molecule has 0 bridgehead atoms. The van der Waals surface area contributed by atoms with Gasteiger partial charge in [0.25, 0.3) is 0 Å². The largest absolute Gasteiger partial charge is 0.466 e. The molecule has 1 aliphatic rings. The Labute approximate surface area is 88.8 Å². The second-order valence-corrected chi connectivity index (χ2v) is 3.98. The first-order valence-electron chi connectivity index (χ1n) is 5.01. The van der Waals surface area contributed by atoms with Crippen LogP contribution >= 0.6 is 11.6 Å². The van der Waals surface area contributed by atoms with Gasteiger partial charge in [-0.3, -0.25) is 9.59 Å². The molecule has 1 fully saturated rings. The molecule has 0 atom stereocenters. The van der Waals surface area contributed by atoms with Crippen molar-refractivity contribution in [1.29, 1.82) is 0 Å². The molecular weight excluding hydrogens is 204 g/mol. The highest BCUT2D eigenvalue weighted by atomic mass is 35.5. The van der Waals surface area contributed by atoms with Crippen LogP contribution in [0.3, 0.4) is 0 Å². The minimum absolute atomic E-state index is 0.0257. The van der Waals surface area contributed by atoms with Crippen LogP contribution in [-0.4, -0.2) is 17.8 Å². The van der Waals surface area contributed by atoms with E-state index in [0.29, 0.717) is 19.4 Å². The van der Waals surface area contributed by atoms with E-state index in [1.54, 1.807) is 6.92 Å². The molecular formula is C10H15ClO3. The van der Waals surface area contributed by atoms with Crippen molar-refractivity contribution in [3.63, 3.8) is 0 Å². The molecule has 0 N–H and O–H groups in total. The van der Waals surface area contributed by atoms with Gasteiger partial charge in [0.05, 0.1) is 12.5 Å². The molecule has 0 aromatic carbocycles. The average Bonchev–Trinajstić information content (AvgIpc) is 2.18. The molecule has 0 aromatic heterocycles. The Morgan fingerprint density at radius 2 is 1.71 bits per heavy atom. The van der Waals surface area contributed by atoms with Crippen LogP contribution in [0.5, 0.6) is 0 Å². The quantitative estimate of drug-likeness (QED) is 0.538. The van der Waals surface area contributed by atoms with Crippen LogP contribution < -0.4 is 0 Å². The summed E-state index contributed by atoms with van der Waals surface area (Å²) in [6.45, 7) is 2.22. The van der Waals surface area contributed by atoms with Crippen molar-refractivity contribution in [2.45, 2.75) is 32.6 Å². The van der Waals surface area contributed by atoms with Gasteiger partial charge in [0.1, 0.15) is 0 Å². The molecule has 80 valence electrons. The molecule has 0 spiro atoms. The van der Waals surface area contributed by atoms with Crippen molar-refractivity contribution < 1.29 is 14.3 Å². The van der Waals surface area contributed by atoms with Gasteiger partial charge in [-0.05, 0) is 44.2 Å². The molecule has 0 unspecified atom stereocenters. The van der Waals surface area contributed by atoms with E-state index in [-0.39, 0.29) is 23.0 Å². The monoisotopic (exact) mass is 218 g/mol. The summed E-state index contributed by atoms with van der Waals surface area (Å²) in [6.07, 6.45) is 2.88. The van der Waals surface area contributed by atoms with Crippen LogP contribution in [-0.2, 0) is 14.3 Å². The van der Waals surface area contributed by atoms with Crippen LogP contribution in [0.2, 0.25) is 0 Å². The third-order valence-electron chi connectivity index (χ3n) is 2.67. The van der Waals surface area contributed by atoms with Gasteiger partial charge < -0.3 is 4.74 Å². The van der Waals surface area contributed by atoms with E-state index in [1.165, 1.54) is 0 Å². The molecule has 0 radical (unpaired) electrons. The standard InChI is InChI=1S/C10H15ClO3/c1-2-14-10(13)8-5-3-7(4-6-8)9(11)12/h7-8H,2-6H2,1H3/t7-,8-. The van der Waals surface area contributed by atoms with E-state index >= 15 is 0 Å². The Kier molecular flexibility index (Phi) is 4.39. The van der Waals surface area contributed by atoms with Crippen molar-refractivity contribution >= 4 is 22.8 Å².